The van der Waals surface area contributed by atoms with Gasteiger partial charge in [0.25, 0.3) is 5.91 Å². The Morgan fingerprint density at radius 3 is 3.08 bits per heavy atom. The van der Waals surface area contributed by atoms with Crippen LogP contribution >= 0.6 is 15.9 Å². The molecule has 0 aromatic rings. The molecule has 0 aromatic heterocycles. The highest BCUT2D eigenvalue weighted by Crippen LogP contribution is 2.12. The quantitative estimate of drug-likeness (QED) is 0.636. The van der Waals surface area contributed by atoms with Crippen molar-refractivity contribution in [3.05, 3.63) is 24.3 Å². The molecule has 2 rings (SSSR count). The minimum absolute atomic E-state index is 0.0600. The van der Waals surface area contributed by atoms with Gasteiger partial charge in [-0.1, -0.05) is 34.2 Å². The van der Waals surface area contributed by atoms with E-state index in [1.54, 1.807) is 0 Å². The molecule has 0 saturated carbocycles. The fraction of sp³-hybridized carbons (Fsp3) is 0.222. The zero-order chi connectivity index (χ0) is 9.26. The Labute approximate surface area is 84.1 Å². The Balaban J connectivity index is 2.36. The number of alkyl halides is 1. The van der Waals surface area contributed by atoms with Crippen molar-refractivity contribution in [2.45, 2.75) is 6.04 Å². The van der Waals surface area contributed by atoms with Crippen molar-refractivity contribution in [3.63, 3.8) is 0 Å². The summed E-state index contributed by atoms with van der Waals surface area (Å²) in [6, 6.07) is -0.0600. The highest BCUT2D eigenvalue weighted by Gasteiger charge is 2.22. The molecule has 1 aliphatic heterocycles. The van der Waals surface area contributed by atoms with E-state index in [1.807, 2.05) is 24.3 Å². The van der Waals surface area contributed by atoms with Gasteiger partial charge in [-0.05, 0) is 6.08 Å². The maximum absolute atomic E-state index is 11.3. The molecule has 0 bridgehead atoms. The third-order valence-electron chi connectivity index (χ3n) is 1.87. The van der Waals surface area contributed by atoms with Crippen LogP contribution in [0.4, 0.5) is 0 Å². The van der Waals surface area contributed by atoms with Gasteiger partial charge in [0.05, 0.1) is 11.0 Å². The smallest absolute Gasteiger partial charge is 0.269 e. The largest absolute Gasteiger partial charge is 0.292 e. The molecule has 1 heterocycles. The number of amides is 1. The highest BCUT2D eigenvalue weighted by atomic mass is 79.9. The van der Waals surface area contributed by atoms with E-state index in [1.165, 1.54) is 0 Å². The second-order valence-corrected chi connectivity index (χ2v) is 3.30. The van der Waals surface area contributed by atoms with E-state index in [0.29, 0.717) is 11.0 Å². The first-order valence-corrected chi connectivity index (χ1v) is 5.04. The molecule has 0 aromatic carbocycles. The molecular weight excluding hydrogens is 232 g/mol. The Morgan fingerprint density at radius 2 is 2.31 bits per heavy atom. The van der Waals surface area contributed by atoms with Crippen molar-refractivity contribution in [1.29, 1.82) is 0 Å². The molecule has 1 atom stereocenters. The van der Waals surface area contributed by atoms with Crippen LogP contribution in [0.3, 0.4) is 0 Å². The van der Waals surface area contributed by atoms with Gasteiger partial charge in [0.2, 0.25) is 0 Å². The predicted octanol–water partition coefficient (Wildman–Crippen LogP) is 1.30. The highest BCUT2D eigenvalue weighted by molar-refractivity contribution is 9.09. The predicted molar refractivity (Wildman–Crippen MR) is 55.7 cm³/mol. The summed E-state index contributed by atoms with van der Waals surface area (Å²) >= 11 is 3.20. The van der Waals surface area contributed by atoms with Gasteiger partial charge >= 0.3 is 0 Å². The molecule has 0 fully saturated rings. The molecule has 66 valence electrons. The fourth-order valence-corrected chi connectivity index (χ4v) is 1.61. The van der Waals surface area contributed by atoms with Crippen LogP contribution in [0.2, 0.25) is 0 Å². The van der Waals surface area contributed by atoms with E-state index in [0.717, 1.165) is 5.71 Å². The number of rotatable bonds is 1. The Hall–Kier alpha value is -1.03. The summed E-state index contributed by atoms with van der Waals surface area (Å²) in [5, 5.41) is 0.469. The van der Waals surface area contributed by atoms with Crippen molar-refractivity contribution in [1.82, 2.24) is 0 Å². The van der Waals surface area contributed by atoms with Crippen molar-refractivity contribution in [2.24, 2.45) is 9.98 Å². The third kappa shape index (κ3) is 1.54. The molecule has 0 saturated heterocycles. The SMILES string of the molecule is O=C1N=C2C=CC=CC2N=C1CBr. The first-order chi connectivity index (χ1) is 6.31. The number of nitrogens with zero attached hydrogens (tertiary/aromatic N) is 2. The number of hydrogen-bond donors (Lipinski definition) is 0. The minimum atomic E-state index is -0.233. The topological polar surface area (TPSA) is 41.8 Å². The van der Waals surface area contributed by atoms with Gasteiger partial charge in [-0.15, -0.1) is 0 Å². The molecule has 13 heavy (non-hydrogen) atoms. The van der Waals surface area contributed by atoms with E-state index < -0.39 is 0 Å². The zero-order valence-electron chi connectivity index (χ0n) is 6.77. The maximum Gasteiger partial charge on any atom is 0.292 e. The van der Waals surface area contributed by atoms with Crippen LogP contribution in [0.15, 0.2) is 34.3 Å². The second-order valence-electron chi connectivity index (χ2n) is 2.74. The van der Waals surface area contributed by atoms with Gasteiger partial charge in [-0.3, -0.25) is 9.79 Å². The van der Waals surface area contributed by atoms with E-state index in [2.05, 4.69) is 25.9 Å². The van der Waals surface area contributed by atoms with Crippen LogP contribution in [0.1, 0.15) is 0 Å². The number of carbonyl (C=O) groups excluding carboxylic acids is 1. The van der Waals surface area contributed by atoms with E-state index in [4.69, 9.17) is 0 Å². The molecule has 1 aliphatic carbocycles. The van der Waals surface area contributed by atoms with Crippen molar-refractivity contribution < 1.29 is 4.79 Å². The molecule has 1 unspecified atom stereocenters. The minimum Gasteiger partial charge on any atom is -0.269 e. The lowest BCUT2D eigenvalue weighted by atomic mass is 10.1. The molecule has 0 N–H and O–H groups in total. The Morgan fingerprint density at radius 1 is 1.46 bits per heavy atom. The molecule has 0 radical (unpaired) electrons. The third-order valence-corrected chi connectivity index (χ3v) is 2.40. The van der Waals surface area contributed by atoms with Crippen LogP contribution in [0.25, 0.3) is 0 Å². The van der Waals surface area contributed by atoms with Crippen molar-refractivity contribution >= 4 is 33.3 Å². The molecule has 4 heteroatoms. The summed E-state index contributed by atoms with van der Waals surface area (Å²) in [6.45, 7) is 0. The number of fused-ring (bicyclic) bond motifs is 1. The van der Waals surface area contributed by atoms with Gasteiger partial charge < -0.3 is 0 Å². The zero-order valence-corrected chi connectivity index (χ0v) is 8.36. The van der Waals surface area contributed by atoms with Gasteiger partial charge in [0.1, 0.15) is 11.8 Å². The van der Waals surface area contributed by atoms with Crippen LogP contribution in [0.5, 0.6) is 0 Å². The van der Waals surface area contributed by atoms with Crippen LogP contribution in [-0.4, -0.2) is 28.7 Å². The van der Waals surface area contributed by atoms with Gasteiger partial charge in [0.15, 0.2) is 0 Å². The summed E-state index contributed by atoms with van der Waals surface area (Å²) in [6.07, 6.45) is 7.51. The number of hydrogen-bond acceptors (Lipinski definition) is 2. The lowest BCUT2D eigenvalue weighted by Gasteiger charge is -2.16. The molecular formula is C9H7BrN2O. The summed E-state index contributed by atoms with van der Waals surface area (Å²) < 4.78 is 0. The second kappa shape index (κ2) is 3.38. The lowest BCUT2D eigenvalue weighted by Crippen LogP contribution is -2.29. The standard InChI is InChI=1S/C9H7BrN2O/c10-5-8-9(13)12-7-4-2-1-3-6(7)11-8/h1-4,6H,5H2. The molecule has 3 nitrogen and oxygen atoms in total. The average Bonchev–Trinajstić information content (AvgIpc) is 2.17. The summed E-state index contributed by atoms with van der Waals surface area (Å²) in [5.74, 6) is -0.233. The first kappa shape index (κ1) is 8.56. The molecule has 1 amide bonds. The monoisotopic (exact) mass is 238 g/mol. The summed E-state index contributed by atoms with van der Waals surface area (Å²) in [7, 11) is 0. The maximum atomic E-state index is 11.3. The number of carbonyl (C=O) groups is 1. The Bertz CT molecular complexity index is 366. The Kier molecular flexibility index (Phi) is 2.22. The van der Waals surface area contributed by atoms with Gasteiger partial charge in [-0.2, -0.15) is 0 Å². The van der Waals surface area contributed by atoms with Gasteiger partial charge in [-0.25, -0.2) is 4.99 Å². The van der Waals surface area contributed by atoms with Crippen molar-refractivity contribution in [2.75, 3.05) is 5.33 Å². The first-order valence-electron chi connectivity index (χ1n) is 3.91. The lowest BCUT2D eigenvalue weighted by molar-refractivity contribution is -0.111. The van der Waals surface area contributed by atoms with Crippen molar-refractivity contribution in [3.8, 4) is 0 Å². The fourth-order valence-electron chi connectivity index (χ4n) is 1.23. The normalized spacial score (nSPS) is 25.3. The molecule has 0 spiro atoms. The number of halogens is 1. The van der Waals surface area contributed by atoms with E-state index in [9.17, 15) is 4.79 Å². The van der Waals surface area contributed by atoms with E-state index in [-0.39, 0.29) is 11.9 Å². The van der Waals surface area contributed by atoms with Crippen LogP contribution < -0.4 is 0 Å². The molecule has 2 aliphatic rings. The van der Waals surface area contributed by atoms with Gasteiger partial charge in [0, 0.05) is 0 Å². The number of allylic oxidation sites excluding steroid dienone is 2. The van der Waals surface area contributed by atoms with Crippen LogP contribution in [-0.2, 0) is 4.79 Å². The number of aliphatic imine (C=N–C) groups is 2. The summed E-state index contributed by atoms with van der Waals surface area (Å²) in [5.41, 5.74) is 1.23. The van der Waals surface area contributed by atoms with Crippen LogP contribution in [0, 0.1) is 0 Å². The average molecular weight is 239 g/mol. The summed E-state index contributed by atoms with van der Waals surface area (Å²) in [4.78, 5) is 19.5. The van der Waals surface area contributed by atoms with E-state index >= 15 is 0 Å².